The van der Waals surface area contributed by atoms with E-state index in [-0.39, 0.29) is 34.2 Å². The van der Waals surface area contributed by atoms with E-state index in [1.54, 1.807) is 24.3 Å². The van der Waals surface area contributed by atoms with Crippen molar-refractivity contribution in [1.82, 2.24) is 0 Å². The van der Waals surface area contributed by atoms with Gasteiger partial charge in [-0.3, -0.25) is 20.2 Å². The van der Waals surface area contributed by atoms with E-state index in [9.17, 15) is 25.3 Å². The van der Waals surface area contributed by atoms with Gasteiger partial charge in [-0.15, -0.1) is 10.2 Å². The fraction of sp³-hybridized carbons (Fsp3) is 0. The van der Waals surface area contributed by atoms with Gasteiger partial charge < -0.3 is 10.8 Å². The number of fused-ring (bicyclic) bond motifs is 1. The van der Waals surface area contributed by atoms with E-state index in [0.717, 1.165) is 0 Å². The molecule has 0 aliphatic rings. The fourth-order valence-electron chi connectivity index (χ4n) is 3.08. The molecule has 0 unspecified atom stereocenters. The standard InChI is InChI=1S/C22H15N7O5/c23-21-18(26-24-14-3-7-16(8-4-14)28(31)32)11-1-13-2-12-19(22(30)20(13)21)27-25-15-5-9-17(10-6-15)29(33)34/h1-12,30H,23H2. The van der Waals surface area contributed by atoms with Crippen LogP contribution in [0.25, 0.3) is 10.8 Å². The summed E-state index contributed by atoms with van der Waals surface area (Å²) in [6.07, 6.45) is 0. The predicted molar refractivity (Wildman–Crippen MR) is 125 cm³/mol. The van der Waals surface area contributed by atoms with Gasteiger partial charge in [0.15, 0.2) is 5.75 Å². The monoisotopic (exact) mass is 457 g/mol. The number of phenols is 1. The number of hydrogen-bond acceptors (Lipinski definition) is 10. The number of nitrogens with two attached hydrogens (primary N) is 1. The molecule has 0 atom stereocenters. The van der Waals surface area contributed by atoms with Crippen LogP contribution in [-0.2, 0) is 0 Å². The normalized spacial score (nSPS) is 11.4. The van der Waals surface area contributed by atoms with Gasteiger partial charge in [0.1, 0.15) is 11.4 Å². The number of nitro benzene ring substituents is 2. The summed E-state index contributed by atoms with van der Waals surface area (Å²) in [5.74, 6) is -0.215. The average molecular weight is 457 g/mol. The van der Waals surface area contributed by atoms with Crippen molar-refractivity contribution in [2.24, 2.45) is 20.5 Å². The fourth-order valence-corrected chi connectivity index (χ4v) is 3.08. The molecule has 34 heavy (non-hydrogen) atoms. The van der Waals surface area contributed by atoms with Crippen molar-refractivity contribution in [2.75, 3.05) is 5.73 Å². The summed E-state index contributed by atoms with van der Waals surface area (Å²) >= 11 is 0. The number of phenolic OH excluding ortho intramolecular Hbond substituents is 1. The lowest BCUT2D eigenvalue weighted by atomic mass is 10.1. The van der Waals surface area contributed by atoms with E-state index in [4.69, 9.17) is 5.73 Å². The minimum Gasteiger partial charge on any atom is -0.505 e. The molecule has 4 rings (SSSR count). The molecule has 0 aromatic heterocycles. The molecular weight excluding hydrogens is 442 g/mol. The molecule has 0 aliphatic carbocycles. The van der Waals surface area contributed by atoms with E-state index in [1.807, 2.05) is 0 Å². The van der Waals surface area contributed by atoms with Gasteiger partial charge >= 0.3 is 0 Å². The van der Waals surface area contributed by atoms with E-state index >= 15 is 0 Å². The third-order valence-corrected chi connectivity index (χ3v) is 4.82. The van der Waals surface area contributed by atoms with Crippen LogP contribution in [0.15, 0.2) is 93.3 Å². The van der Waals surface area contributed by atoms with Gasteiger partial charge in [0.2, 0.25) is 0 Å². The number of benzene rings is 4. The summed E-state index contributed by atoms with van der Waals surface area (Å²) < 4.78 is 0. The molecular formula is C22H15N7O5. The number of rotatable bonds is 6. The first-order valence-corrected chi connectivity index (χ1v) is 9.70. The number of nitrogens with zero attached hydrogens (tertiary/aromatic N) is 6. The van der Waals surface area contributed by atoms with Crippen LogP contribution < -0.4 is 5.73 Å². The van der Waals surface area contributed by atoms with Crippen molar-refractivity contribution >= 4 is 50.6 Å². The number of anilines is 1. The van der Waals surface area contributed by atoms with Crippen LogP contribution in [0.3, 0.4) is 0 Å². The number of hydrogen-bond donors (Lipinski definition) is 2. The largest absolute Gasteiger partial charge is 0.505 e. The van der Waals surface area contributed by atoms with Crippen LogP contribution in [-0.4, -0.2) is 15.0 Å². The summed E-state index contributed by atoms with van der Waals surface area (Å²) in [5, 5.41) is 49.4. The molecule has 168 valence electrons. The topological polar surface area (TPSA) is 182 Å². The Hall–Kier alpha value is -5.26. The Labute approximate surface area is 191 Å². The van der Waals surface area contributed by atoms with Crippen LogP contribution in [0.5, 0.6) is 5.75 Å². The van der Waals surface area contributed by atoms with Crippen LogP contribution in [0.2, 0.25) is 0 Å². The van der Waals surface area contributed by atoms with Gasteiger partial charge in [-0.1, -0.05) is 12.1 Å². The molecule has 0 radical (unpaired) electrons. The maximum absolute atomic E-state index is 10.8. The van der Waals surface area contributed by atoms with Gasteiger partial charge in [0, 0.05) is 24.3 Å². The van der Waals surface area contributed by atoms with Crippen molar-refractivity contribution in [2.45, 2.75) is 0 Å². The minimum absolute atomic E-state index is 0.0653. The Bertz CT molecular complexity index is 1360. The number of azo groups is 2. The molecule has 0 fully saturated rings. The van der Waals surface area contributed by atoms with Crippen LogP contribution >= 0.6 is 0 Å². The first-order chi connectivity index (χ1) is 16.3. The maximum atomic E-state index is 10.8. The molecule has 0 saturated carbocycles. The summed E-state index contributed by atoms with van der Waals surface area (Å²) in [5.41, 5.74) is 7.43. The molecule has 4 aromatic rings. The molecule has 0 amide bonds. The Morgan fingerprint density at radius 1 is 0.647 bits per heavy atom. The number of nitrogen functional groups attached to an aromatic ring is 1. The highest BCUT2D eigenvalue weighted by Crippen LogP contribution is 2.42. The summed E-state index contributed by atoms with van der Waals surface area (Å²) in [4.78, 5) is 20.5. The average Bonchev–Trinajstić information content (AvgIpc) is 2.83. The van der Waals surface area contributed by atoms with Gasteiger partial charge in [0.05, 0.1) is 32.3 Å². The Balaban J connectivity index is 1.64. The van der Waals surface area contributed by atoms with Crippen LogP contribution in [0.1, 0.15) is 0 Å². The van der Waals surface area contributed by atoms with Gasteiger partial charge in [0.25, 0.3) is 11.4 Å². The molecule has 12 heteroatoms. The lowest BCUT2D eigenvalue weighted by molar-refractivity contribution is -0.385. The highest BCUT2D eigenvalue weighted by Gasteiger charge is 2.13. The molecule has 3 N–H and O–H groups in total. The Morgan fingerprint density at radius 3 is 1.56 bits per heavy atom. The quantitative estimate of drug-likeness (QED) is 0.139. The first kappa shape index (κ1) is 22.0. The second kappa shape index (κ2) is 9.08. The smallest absolute Gasteiger partial charge is 0.269 e. The van der Waals surface area contributed by atoms with Crippen molar-refractivity contribution < 1.29 is 15.0 Å². The van der Waals surface area contributed by atoms with Gasteiger partial charge in [-0.25, -0.2) is 0 Å². The molecule has 0 saturated heterocycles. The highest BCUT2D eigenvalue weighted by molar-refractivity contribution is 6.04. The number of nitro groups is 2. The zero-order valence-corrected chi connectivity index (χ0v) is 17.3. The molecule has 0 aliphatic heterocycles. The van der Waals surface area contributed by atoms with Gasteiger partial charge in [-0.2, -0.15) is 10.2 Å². The molecule has 4 aromatic carbocycles. The number of non-ortho nitro benzene ring substituents is 2. The van der Waals surface area contributed by atoms with Crippen molar-refractivity contribution in [3.63, 3.8) is 0 Å². The lowest BCUT2D eigenvalue weighted by Gasteiger charge is -2.08. The molecule has 0 heterocycles. The Kier molecular flexibility index (Phi) is 5.86. The first-order valence-electron chi connectivity index (χ1n) is 9.70. The van der Waals surface area contributed by atoms with E-state index in [1.165, 1.54) is 48.5 Å². The summed E-state index contributed by atoms with van der Waals surface area (Å²) in [7, 11) is 0. The Morgan fingerprint density at radius 2 is 1.09 bits per heavy atom. The van der Waals surface area contributed by atoms with Crippen LogP contribution in [0.4, 0.5) is 39.8 Å². The minimum atomic E-state index is -0.518. The van der Waals surface area contributed by atoms with E-state index < -0.39 is 9.85 Å². The van der Waals surface area contributed by atoms with Crippen molar-refractivity contribution in [3.05, 3.63) is 93.0 Å². The van der Waals surface area contributed by atoms with Crippen LogP contribution in [0, 0.1) is 20.2 Å². The highest BCUT2D eigenvalue weighted by atomic mass is 16.6. The second-order valence-corrected chi connectivity index (χ2v) is 6.98. The zero-order chi connectivity index (χ0) is 24.2. The summed E-state index contributed by atoms with van der Waals surface area (Å²) in [6.45, 7) is 0. The third-order valence-electron chi connectivity index (χ3n) is 4.82. The predicted octanol–water partition coefficient (Wildman–Crippen LogP) is 6.77. The second-order valence-electron chi connectivity index (χ2n) is 6.98. The molecule has 12 nitrogen and oxygen atoms in total. The summed E-state index contributed by atoms with van der Waals surface area (Å²) in [6, 6.07) is 17.6. The lowest BCUT2D eigenvalue weighted by Crippen LogP contribution is -1.89. The zero-order valence-electron chi connectivity index (χ0n) is 17.3. The van der Waals surface area contributed by atoms with Crippen molar-refractivity contribution in [1.29, 1.82) is 0 Å². The van der Waals surface area contributed by atoms with E-state index in [2.05, 4.69) is 20.5 Å². The maximum Gasteiger partial charge on any atom is 0.269 e. The number of aromatic hydroxyl groups is 1. The van der Waals surface area contributed by atoms with Gasteiger partial charge in [-0.05, 0) is 41.8 Å². The van der Waals surface area contributed by atoms with E-state index in [0.29, 0.717) is 22.1 Å². The SMILES string of the molecule is Nc1c(N=Nc2ccc([N+](=O)[O-])cc2)ccc2ccc(N=Nc3ccc([N+](=O)[O-])cc3)c(O)c12. The third kappa shape index (κ3) is 4.50. The molecule has 0 spiro atoms. The molecule has 0 bridgehead atoms. The van der Waals surface area contributed by atoms with Crippen molar-refractivity contribution in [3.8, 4) is 5.75 Å².